The average molecular weight is 366 g/mol. The minimum absolute atomic E-state index is 0.246. The zero-order valence-electron chi connectivity index (χ0n) is 12.5. The van der Waals surface area contributed by atoms with E-state index >= 15 is 0 Å². The van der Waals surface area contributed by atoms with Crippen molar-refractivity contribution in [3.05, 3.63) is 45.1 Å². The van der Waals surface area contributed by atoms with Crippen LogP contribution in [-0.2, 0) is 11.3 Å². The number of nitrogens with one attached hydrogen (secondary N) is 1. The first-order valence-corrected chi connectivity index (χ1v) is 7.41. The fraction of sp³-hybridized carbons (Fsp3) is 0.267. The predicted octanol–water partition coefficient (Wildman–Crippen LogP) is 2.91. The topological polar surface area (TPSA) is 84.2 Å². The normalized spacial score (nSPS) is 10.5. The second-order valence-electron chi connectivity index (χ2n) is 5.07. The lowest BCUT2D eigenvalue weighted by atomic mass is 9.99. The number of nitrogens with zero attached hydrogens (tertiary/aromatic N) is 2. The number of aliphatic carboxylic acids is 1. The van der Waals surface area contributed by atoms with Gasteiger partial charge < -0.3 is 10.4 Å². The van der Waals surface area contributed by atoms with Crippen LogP contribution in [0.4, 0.5) is 5.82 Å². The van der Waals surface area contributed by atoms with Crippen molar-refractivity contribution in [1.82, 2.24) is 9.78 Å². The number of amides is 1. The Labute approximate surface area is 136 Å². The molecule has 0 atom stereocenters. The van der Waals surface area contributed by atoms with Crippen molar-refractivity contribution in [3.63, 3.8) is 0 Å². The summed E-state index contributed by atoms with van der Waals surface area (Å²) in [5.74, 6) is -0.937. The Hall–Kier alpha value is -2.15. The molecule has 0 aliphatic rings. The fourth-order valence-corrected chi connectivity index (χ4v) is 2.66. The number of carboxylic acids is 1. The van der Waals surface area contributed by atoms with Gasteiger partial charge in [0.1, 0.15) is 6.54 Å². The van der Waals surface area contributed by atoms with Gasteiger partial charge in [-0.05, 0) is 37.5 Å². The third kappa shape index (κ3) is 3.36. The van der Waals surface area contributed by atoms with Gasteiger partial charge in [-0.3, -0.25) is 14.3 Å². The lowest BCUT2D eigenvalue weighted by molar-refractivity contribution is -0.137. The number of carbonyl (C=O) groups excluding carboxylic acids is 1. The highest BCUT2D eigenvalue weighted by Crippen LogP contribution is 2.27. The van der Waals surface area contributed by atoms with Gasteiger partial charge in [0.25, 0.3) is 5.91 Å². The first-order valence-electron chi connectivity index (χ1n) is 6.62. The predicted molar refractivity (Wildman–Crippen MR) is 86.2 cm³/mol. The molecule has 7 heteroatoms. The van der Waals surface area contributed by atoms with E-state index in [4.69, 9.17) is 5.11 Å². The smallest absolute Gasteiger partial charge is 0.325 e. The molecule has 1 aromatic heterocycles. The van der Waals surface area contributed by atoms with Crippen molar-refractivity contribution in [3.8, 4) is 0 Å². The number of rotatable bonds is 4. The van der Waals surface area contributed by atoms with Crippen LogP contribution in [0.3, 0.4) is 0 Å². The van der Waals surface area contributed by atoms with Gasteiger partial charge in [0, 0.05) is 22.3 Å². The van der Waals surface area contributed by atoms with E-state index in [9.17, 15) is 9.59 Å². The quantitative estimate of drug-likeness (QED) is 0.872. The zero-order valence-corrected chi connectivity index (χ0v) is 14.1. The molecule has 0 aliphatic carbocycles. The highest BCUT2D eigenvalue weighted by molar-refractivity contribution is 9.10. The standard InChI is InChI=1S/C15H16BrN3O3/c1-8-6-9(2)14(16)10(3)13(8)15(22)17-11-4-5-19(18-11)7-12(20)21/h4-6H,7H2,1-3H3,(H,20,21)(H,17,18,22). The molecule has 1 heterocycles. The SMILES string of the molecule is Cc1cc(C)c(C(=O)Nc2ccn(CC(=O)O)n2)c(C)c1Br. The van der Waals surface area contributed by atoms with Crippen molar-refractivity contribution in [2.75, 3.05) is 5.32 Å². The molecule has 1 aromatic carbocycles. The van der Waals surface area contributed by atoms with E-state index in [1.807, 2.05) is 26.8 Å². The summed E-state index contributed by atoms with van der Waals surface area (Å²) in [6.45, 7) is 5.48. The molecule has 0 aliphatic heterocycles. The average Bonchev–Trinajstić information content (AvgIpc) is 2.82. The van der Waals surface area contributed by atoms with Crippen LogP contribution < -0.4 is 5.32 Å². The van der Waals surface area contributed by atoms with E-state index in [-0.39, 0.29) is 12.5 Å². The highest BCUT2D eigenvalue weighted by atomic mass is 79.9. The molecule has 1 amide bonds. The van der Waals surface area contributed by atoms with Crippen molar-refractivity contribution in [1.29, 1.82) is 0 Å². The Morgan fingerprint density at radius 1 is 1.32 bits per heavy atom. The summed E-state index contributed by atoms with van der Waals surface area (Å²) in [5.41, 5.74) is 3.39. The van der Waals surface area contributed by atoms with Crippen molar-refractivity contribution < 1.29 is 14.7 Å². The van der Waals surface area contributed by atoms with Gasteiger partial charge >= 0.3 is 5.97 Å². The zero-order chi connectivity index (χ0) is 16.4. The number of halogens is 1. The minimum Gasteiger partial charge on any atom is -0.480 e. The lowest BCUT2D eigenvalue weighted by Crippen LogP contribution is -2.17. The molecule has 2 rings (SSSR count). The van der Waals surface area contributed by atoms with E-state index in [0.717, 1.165) is 21.2 Å². The fourth-order valence-electron chi connectivity index (χ4n) is 2.34. The summed E-state index contributed by atoms with van der Waals surface area (Å²) in [4.78, 5) is 23.1. The van der Waals surface area contributed by atoms with Crippen LogP contribution >= 0.6 is 15.9 Å². The van der Waals surface area contributed by atoms with Crippen molar-refractivity contribution >= 4 is 33.6 Å². The molecule has 0 radical (unpaired) electrons. The molecule has 0 bridgehead atoms. The molecule has 0 fully saturated rings. The van der Waals surface area contributed by atoms with Crippen LogP contribution in [-0.4, -0.2) is 26.8 Å². The minimum atomic E-state index is -0.991. The first kappa shape index (κ1) is 16.2. The molecular formula is C15H16BrN3O3. The Balaban J connectivity index is 2.25. The number of hydrogen-bond acceptors (Lipinski definition) is 3. The molecule has 2 N–H and O–H groups in total. The number of carbonyl (C=O) groups is 2. The number of anilines is 1. The van der Waals surface area contributed by atoms with E-state index < -0.39 is 5.97 Å². The summed E-state index contributed by atoms with van der Waals surface area (Å²) in [5, 5.41) is 15.4. The molecule has 0 saturated heterocycles. The van der Waals surface area contributed by atoms with Crippen molar-refractivity contribution in [2.45, 2.75) is 27.3 Å². The van der Waals surface area contributed by atoms with Gasteiger partial charge in [-0.1, -0.05) is 22.0 Å². The van der Waals surface area contributed by atoms with Gasteiger partial charge in [-0.25, -0.2) is 0 Å². The number of aromatic nitrogens is 2. The lowest BCUT2D eigenvalue weighted by Gasteiger charge is -2.13. The molecule has 2 aromatic rings. The Morgan fingerprint density at radius 3 is 2.64 bits per heavy atom. The summed E-state index contributed by atoms with van der Waals surface area (Å²) in [6.07, 6.45) is 1.51. The van der Waals surface area contributed by atoms with Crippen LogP contribution in [0, 0.1) is 20.8 Å². The van der Waals surface area contributed by atoms with Crippen LogP contribution in [0.25, 0.3) is 0 Å². The molecule has 0 unspecified atom stereocenters. The number of hydrogen-bond donors (Lipinski definition) is 2. The van der Waals surface area contributed by atoms with Crippen LogP contribution in [0.5, 0.6) is 0 Å². The van der Waals surface area contributed by atoms with Gasteiger partial charge in [-0.2, -0.15) is 5.10 Å². The maximum Gasteiger partial charge on any atom is 0.325 e. The molecule has 0 saturated carbocycles. The summed E-state index contributed by atoms with van der Waals surface area (Å²) >= 11 is 3.48. The van der Waals surface area contributed by atoms with E-state index in [1.54, 1.807) is 6.07 Å². The van der Waals surface area contributed by atoms with Crippen molar-refractivity contribution in [2.24, 2.45) is 0 Å². The molecule has 116 valence electrons. The van der Waals surface area contributed by atoms with E-state index in [2.05, 4.69) is 26.3 Å². The summed E-state index contributed by atoms with van der Waals surface area (Å²) in [7, 11) is 0. The Bertz CT molecular complexity index is 753. The largest absolute Gasteiger partial charge is 0.480 e. The van der Waals surface area contributed by atoms with Crippen LogP contribution in [0.2, 0.25) is 0 Å². The second kappa shape index (κ2) is 6.31. The maximum atomic E-state index is 12.5. The number of aryl methyl sites for hydroxylation is 2. The molecule has 0 spiro atoms. The van der Waals surface area contributed by atoms with Crippen LogP contribution in [0.15, 0.2) is 22.8 Å². The summed E-state index contributed by atoms with van der Waals surface area (Å²) < 4.78 is 2.16. The maximum absolute atomic E-state index is 12.5. The van der Waals surface area contributed by atoms with Gasteiger partial charge in [0.2, 0.25) is 0 Å². The molecular weight excluding hydrogens is 350 g/mol. The first-order chi connectivity index (χ1) is 10.3. The third-order valence-corrected chi connectivity index (χ3v) is 4.50. The molecule has 6 nitrogen and oxygen atoms in total. The second-order valence-corrected chi connectivity index (χ2v) is 5.86. The molecule has 22 heavy (non-hydrogen) atoms. The number of carboxylic acid groups (broad SMARTS) is 1. The van der Waals surface area contributed by atoms with E-state index in [1.165, 1.54) is 10.9 Å². The van der Waals surface area contributed by atoms with Crippen LogP contribution in [0.1, 0.15) is 27.0 Å². The number of benzene rings is 1. The third-order valence-electron chi connectivity index (χ3n) is 3.28. The Kier molecular flexibility index (Phi) is 4.65. The highest BCUT2D eigenvalue weighted by Gasteiger charge is 2.17. The monoisotopic (exact) mass is 365 g/mol. The van der Waals surface area contributed by atoms with E-state index in [0.29, 0.717) is 11.4 Å². The summed E-state index contributed by atoms with van der Waals surface area (Å²) in [6, 6.07) is 3.50. The van der Waals surface area contributed by atoms with Gasteiger partial charge in [0.15, 0.2) is 5.82 Å². The van der Waals surface area contributed by atoms with Gasteiger partial charge in [-0.15, -0.1) is 0 Å². The Morgan fingerprint density at radius 2 is 2.00 bits per heavy atom. The van der Waals surface area contributed by atoms with Gasteiger partial charge in [0.05, 0.1) is 0 Å².